The topological polar surface area (TPSA) is 70.0 Å². The SMILES string of the molecule is O=C(N/N=C/CN1N=C(c2ccc(F)cc2)C[C@H]1c1ccccc1)c1ccncc1. The average Bonchev–Trinajstić information content (AvgIpc) is 3.22. The molecule has 1 amide bonds. The molecule has 30 heavy (non-hydrogen) atoms. The molecule has 0 unspecified atom stereocenters. The maximum atomic E-state index is 13.3. The molecule has 0 aliphatic carbocycles. The quantitative estimate of drug-likeness (QED) is 0.505. The third-order valence-corrected chi connectivity index (χ3v) is 4.83. The molecule has 0 bridgehead atoms. The van der Waals surface area contributed by atoms with Crippen LogP contribution in [0.15, 0.2) is 89.3 Å². The van der Waals surface area contributed by atoms with Crippen LogP contribution in [0.2, 0.25) is 0 Å². The van der Waals surface area contributed by atoms with Gasteiger partial charge in [0.1, 0.15) is 5.82 Å². The number of aromatic nitrogens is 1. The van der Waals surface area contributed by atoms with Gasteiger partial charge in [0, 0.05) is 30.6 Å². The van der Waals surface area contributed by atoms with E-state index in [1.807, 2.05) is 23.2 Å². The Morgan fingerprint density at radius 1 is 1.10 bits per heavy atom. The molecule has 2 aromatic carbocycles. The lowest BCUT2D eigenvalue weighted by atomic mass is 9.98. The van der Waals surface area contributed by atoms with Gasteiger partial charge in [0.15, 0.2) is 0 Å². The predicted molar refractivity (Wildman–Crippen MR) is 114 cm³/mol. The summed E-state index contributed by atoms with van der Waals surface area (Å²) in [7, 11) is 0. The number of hydrazone groups is 2. The van der Waals surface area contributed by atoms with Crippen molar-refractivity contribution in [3.05, 3.63) is 102 Å². The number of rotatable bonds is 6. The van der Waals surface area contributed by atoms with Crippen LogP contribution in [-0.2, 0) is 0 Å². The molecule has 4 rings (SSSR count). The van der Waals surface area contributed by atoms with Gasteiger partial charge in [0.05, 0.1) is 18.3 Å². The molecular formula is C23H20FN5O. The second-order valence-corrected chi connectivity index (χ2v) is 6.79. The number of pyridine rings is 1. The van der Waals surface area contributed by atoms with Crippen LogP contribution in [0.3, 0.4) is 0 Å². The number of carbonyl (C=O) groups is 1. The van der Waals surface area contributed by atoms with Crippen molar-refractivity contribution in [1.82, 2.24) is 15.4 Å². The molecule has 1 aromatic heterocycles. The number of hydrogen-bond acceptors (Lipinski definition) is 5. The third-order valence-electron chi connectivity index (χ3n) is 4.83. The van der Waals surface area contributed by atoms with E-state index in [0.29, 0.717) is 18.5 Å². The number of nitrogens with zero attached hydrogens (tertiary/aromatic N) is 4. The van der Waals surface area contributed by atoms with Crippen LogP contribution in [0.4, 0.5) is 4.39 Å². The molecule has 0 spiro atoms. The summed E-state index contributed by atoms with van der Waals surface area (Å²) < 4.78 is 13.3. The molecule has 3 aromatic rings. The predicted octanol–water partition coefficient (Wildman–Crippen LogP) is 3.79. The molecule has 1 N–H and O–H groups in total. The Labute approximate surface area is 173 Å². The second kappa shape index (κ2) is 9.09. The average molecular weight is 401 g/mol. The Balaban J connectivity index is 1.47. The minimum absolute atomic E-state index is 0.0357. The fraction of sp³-hybridized carbons (Fsp3) is 0.130. The van der Waals surface area contributed by atoms with Gasteiger partial charge in [0.2, 0.25) is 0 Å². The first kappa shape index (κ1) is 19.4. The summed E-state index contributed by atoms with van der Waals surface area (Å²) in [4.78, 5) is 16.0. The highest BCUT2D eigenvalue weighted by atomic mass is 19.1. The van der Waals surface area contributed by atoms with E-state index in [4.69, 9.17) is 5.10 Å². The highest BCUT2D eigenvalue weighted by Gasteiger charge is 2.28. The van der Waals surface area contributed by atoms with Gasteiger partial charge in [-0.1, -0.05) is 42.5 Å². The van der Waals surface area contributed by atoms with E-state index in [0.717, 1.165) is 16.8 Å². The Kier molecular flexibility index (Phi) is 5.89. The van der Waals surface area contributed by atoms with Crippen LogP contribution in [-0.4, -0.2) is 34.4 Å². The highest BCUT2D eigenvalue weighted by molar-refractivity contribution is 6.02. The lowest BCUT2D eigenvalue weighted by Crippen LogP contribution is -2.23. The van der Waals surface area contributed by atoms with Crippen molar-refractivity contribution in [3.8, 4) is 0 Å². The van der Waals surface area contributed by atoms with Crippen LogP contribution in [0.25, 0.3) is 0 Å². The van der Waals surface area contributed by atoms with Gasteiger partial charge >= 0.3 is 0 Å². The van der Waals surface area contributed by atoms with E-state index in [-0.39, 0.29) is 17.8 Å². The van der Waals surface area contributed by atoms with Gasteiger partial charge in [-0.3, -0.25) is 14.8 Å². The number of nitrogens with one attached hydrogen (secondary N) is 1. The molecule has 7 heteroatoms. The van der Waals surface area contributed by atoms with E-state index >= 15 is 0 Å². The Bertz CT molecular complexity index is 1050. The van der Waals surface area contributed by atoms with Crippen LogP contribution < -0.4 is 5.43 Å². The number of amides is 1. The summed E-state index contributed by atoms with van der Waals surface area (Å²) in [5, 5.41) is 10.7. The van der Waals surface area contributed by atoms with Gasteiger partial charge in [-0.25, -0.2) is 9.82 Å². The van der Waals surface area contributed by atoms with Crippen LogP contribution >= 0.6 is 0 Å². The normalized spacial score (nSPS) is 16.0. The van der Waals surface area contributed by atoms with E-state index in [2.05, 4.69) is 27.6 Å². The van der Waals surface area contributed by atoms with Crippen molar-refractivity contribution >= 4 is 17.8 Å². The number of benzene rings is 2. The molecule has 1 aliphatic rings. The summed E-state index contributed by atoms with van der Waals surface area (Å²) in [6.45, 7) is 0.418. The second-order valence-electron chi connectivity index (χ2n) is 6.79. The lowest BCUT2D eigenvalue weighted by molar-refractivity contribution is 0.0954. The van der Waals surface area contributed by atoms with Gasteiger partial charge in [-0.2, -0.15) is 10.2 Å². The smallest absolute Gasteiger partial charge is 0.271 e. The molecule has 1 atom stereocenters. The third kappa shape index (κ3) is 4.57. The van der Waals surface area contributed by atoms with E-state index in [9.17, 15) is 9.18 Å². The first-order valence-corrected chi connectivity index (χ1v) is 9.57. The van der Waals surface area contributed by atoms with E-state index in [1.54, 1.807) is 42.9 Å². The largest absolute Gasteiger partial charge is 0.283 e. The summed E-state index contributed by atoms with van der Waals surface area (Å²) >= 11 is 0. The fourth-order valence-corrected chi connectivity index (χ4v) is 3.30. The molecule has 0 radical (unpaired) electrons. The molecule has 150 valence electrons. The minimum Gasteiger partial charge on any atom is -0.283 e. The fourth-order valence-electron chi connectivity index (χ4n) is 3.30. The number of halogens is 1. The van der Waals surface area contributed by atoms with Crippen molar-refractivity contribution in [1.29, 1.82) is 0 Å². The maximum Gasteiger partial charge on any atom is 0.271 e. The van der Waals surface area contributed by atoms with Crippen molar-refractivity contribution in [2.45, 2.75) is 12.5 Å². The van der Waals surface area contributed by atoms with Crippen LogP contribution in [0.1, 0.15) is 33.9 Å². The van der Waals surface area contributed by atoms with Crippen molar-refractivity contribution < 1.29 is 9.18 Å². The molecule has 1 aliphatic heterocycles. The minimum atomic E-state index is -0.301. The molecule has 6 nitrogen and oxygen atoms in total. The van der Waals surface area contributed by atoms with E-state index < -0.39 is 0 Å². The zero-order valence-corrected chi connectivity index (χ0v) is 16.1. The molecule has 0 fully saturated rings. The Morgan fingerprint density at radius 3 is 2.57 bits per heavy atom. The van der Waals surface area contributed by atoms with E-state index in [1.165, 1.54) is 12.1 Å². The maximum absolute atomic E-state index is 13.3. The lowest BCUT2D eigenvalue weighted by Gasteiger charge is -2.22. The zero-order valence-electron chi connectivity index (χ0n) is 16.1. The highest BCUT2D eigenvalue weighted by Crippen LogP contribution is 2.32. The first-order chi connectivity index (χ1) is 14.7. The van der Waals surface area contributed by atoms with Gasteiger partial charge in [0.25, 0.3) is 5.91 Å². The molecule has 0 saturated heterocycles. The summed E-state index contributed by atoms with van der Waals surface area (Å²) in [6, 6.07) is 19.7. The molecule has 0 saturated carbocycles. The Hall–Kier alpha value is -3.87. The summed E-state index contributed by atoms with van der Waals surface area (Å²) in [5.74, 6) is -0.573. The molecular weight excluding hydrogens is 381 g/mol. The zero-order chi connectivity index (χ0) is 20.8. The number of carbonyl (C=O) groups excluding carboxylic acids is 1. The summed E-state index contributed by atoms with van der Waals surface area (Å²) in [6.07, 6.45) is 5.43. The number of hydrogen-bond donors (Lipinski definition) is 1. The van der Waals surface area contributed by atoms with Crippen molar-refractivity contribution in [3.63, 3.8) is 0 Å². The van der Waals surface area contributed by atoms with Crippen molar-refractivity contribution in [2.24, 2.45) is 10.2 Å². The van der Waals surface area contributed by atoms with Crippen molar-refractivity contribution in [2.75, 3.05) is 6.54 Å². The van der Waals surface area contributed by atoms with Gasteiger partial charge in [-0.05, 0) is 35.4 Å². The molecule has 2 heterocycles. The van der Waals surface area contributed by atoms with Crippen LogP contribution in [0.5, 0.6) is 0 Å². The van der Waals surface area contributed by atoms with Gasteiger partial charge in [-0.15, -0.1) is 0 Å². The monoisotopic (exact) mass is 401 g/mol. The Morgan fingerprint density at radius 2 is 1.83 bits per heavy atom. The summed E-state index contributed by atoms with van der Waals surface area (Å²) in [5.41, 5.74) is 5.91. The first-order valence-electron chi connectivity index (χ1n) is 9.57. The van der Waals surface area contributed by atoms with Crippen LogP contribution in [0, 0.1) is 5.82 Å². The standard InChI is InChI=1S/C23H20FN5O/c24-20-8-6-17(7-9-20)21-16-22(18-4-2-1-3-5-18)29(28-21)15-14-26-27-23(30)19-10-12-25-13-11-19/h1-14,22H,15-16H2,(H,27,30)/b26-14+/t22-/m0/s1. The van der Waals surface area contributed by atoms with Gasteiger partial charge < -0.3 is 0 Å².